The number of carbonyl (C=O) groups is 1. The second kappa shape index (κ2) is 9.39. The highest BCUT2D eigenvalue weighted by Gasteiger charge is 2.33. The highest BCUT2D eigenvalue weighted by molar-refractivity contribution is 8.18. The Balaban J connectivity index is 1.69. The molecular formula is C26H26ClN3OS. The Hall–Kier alpha value is -2.76. The molecular weight excluding hydrogens is 438 g/mol. The summed E-state index contributed by atoms with van der Waals surface area (Å²) in [5, 5.41) is 1.37. The molecule has 32 heavy (non-hydrogen) atoms. The number of rotatable bonds is 5. The Labute approximate surface area is 198 Å². The van der Waals surface area contributed by atoms with E-state index in [0.717, 1.165) is 34.7 Å². The number of aryl methyl sites for hydroxylation is 2. The molecule has 1 aliphatic rings. The van der Waals surface area contributed by atoms with Gasteiger partial charge in [-0.3, -0.25) is 9.69 Å². The molecule has 1 aromatic heterocycles. The van der Waals surface area contributed by atoms with Gasteiger partial charge in [0.1, 0.15) is 0 Å². The van der Waals surface area contributed by atoms with Gasteiger partial charge in [0.25, 0.3) is 5.91 Å². The Morgan fingerprint density at radius 2 is 1.72 bits per heavy atom. The van der Waals surface area contributed by atoms with Crippen LogP contribution in [0, 0.1) is 20.8 Å². The van der Waals surface area contributed by atoms with Crippen LogP contribution in [0.25, 0.3) is 11.8 Å². The number of nitrogens with zero attached hydrogens (tertiary/aromatic N) is 3. The van der Waals surface area contributed by atoms with E-state index >= 15 is 0 Å². The van der Waals surface area contributed by atoms with Crippen molar-refractivity contribution >= 4 is 46.2 Å². The SMILES string of the molecule is CCCN1C(=O)/C(=C/c2cc(C)n(-c3ccc(C)cc3)c2C)SC1=Nc1ccc(Cl)cc1. The van der Waals surface area contributed by atoms with Gasteiger partial charge in [-0.15, -0.1) is 0 Å². The van der Waals surface area contributed by atoms with Crippen molar-refractivity contribution in [2.45, 2.75) is 34.1 Å². The van der Waals surface area contributed by atoms with E-state index in [0.29, 0.717) is 21.6 Å². The van der Waals surface area contributed by atoms with E-state index in [1.807, 2.05) is 30.3 Å². The molecule has 0 saturated carbocycles. The zero-order valence-corrected chi connectivity index (χ0v) is 20.3. The van der Waals surface area contributed by atoms with Crippen LogP contribution in [0.5, 0.6) is 0 Å². The summed E-state index contributed by atoms with van der Waals surface area (Å²) in [5.74, 6) is 0.00435. The van der Waals surface area contributed by atoms with Crippen molar-refractivity contribution in [3.8, 4) is 5.69 Å². The molecule has 2 aromatic carbocycles. The Morgan fingerprint density at radius 1 is 1.03 bits per heavy atom. The highest BCUT2D eigenvalue weighted by atomic mass is 35.5. The Kier molecular flexibility index (Phi) is 6.58. The van der Waals surface area contributed by atoms with Crippen LogP contribution < -0.4 is 0 Å². The molecule has 0 atom stereocenters. The normalized spacial score (nSPS) is 16.5. The number of benzene rings is 2. The predicted molar refractivity (Wildman–Crippen MR) is 136 cm³/mol. The quantitative estimate of drug-likeness (QED) is 0.379. The molecule has 164 valence electrons. The number of aliphatic imine (C=N–C) groups is 1. The number of hydrogen-bond acceptors (Lipinski definition) is 3. The van der Waals surface area contributed by atoms with E-state index in [4.69, 9.17) is 16.6 Å². The van der Waals surface area contributed by atoms with E-state index in [1.54, 1.807) is 4.90 Å². The van der Waals surface area contributed by atoms with Crippen molar-refractivity contribution in [1.29, 1.82) is 0 Å². The Morgan fingerprint density at radius 3 is 2.38 bits per heavy atom. The van der Waals surface area contributed by atoms with E-state index < -0.39 is 0 Å². The van der Waals surface area contributed by atoms with Gasteiger partial charge >= 0.3 is 0 Å². The van der Waals surface area contributed by atoms with Gasteiger partial charge in [0.2, 0.25) is 0 Å². The first-order valence-electron chi connectivity index (χ1n) is 10.7. The van der Waals surface area contributed by atoms with Gasteiger partial charge in [-0.25, -0.2) is 4.99 Å². The first-order chi connectivity index (χ1) is 15.4. The van der Waals surface area contributed by atoms with Crippen LogP contribution in [0.4, 0.5) is 5.69 Å². The van der Waals surface area contributed by atoms with Gasteiger partial charge in [0, 0.05) is 28.6 Å². The molecule has 6 heteroatoms. The molecule has 1 fully saturated rings. The first-order valence-corrected chi connectivity index (χ1v) is 11.9. The molecule has 1 amide bonds. The molecule has 0 unspecified atom stereocenters. The van der Waals surface area contributed by atoms with Gasteiger partial charge in [0.15, 0.2) is 5.17 Å². The Bertz CT molecular complexity index is 1210. The van der Waals surface area contributed by atoms with Crippen LogP contribution in [0.15, 0.2) is 64.5 Å². The monoisotopic (exact) mass is 463 g/mol. The largest absolute Gasteiger partial charge is 0.318 e. The van der Waals surface area contributed by atoms with Gasteiger partial charge in [0.05, 0.1) is 10.6 Å². The minimum Gasteiger partial charge on any atom is -0.318 e. The zero-order valence-electron chi connectivity index (χ0n) is 18.7. The van der Waals surface area contributed by atoms with Crippen LogP contribution in [0.1, 0.15) is 35.9 Å². The topological polar surface area (TPSA) is 37.6 Å². The summed E-state index contributed by atoms with van der Waals surface area (Å²) in [6.45, 7) is 8.97. The summed E-state index contributed by atoms with van der Waals surface area (Å²) in [6.07, 6.45) is 2.86. The smallest absolute Gasteiger partial charge is 0.266 e. The minimum atomic E-state index is 0.00435. The van der Waals surface area contributed by atoms with Gasteiger partial charge in [-0.05, 0) is 93.1 Å². The molecule has 3 aromatic rings. The first kappa shape index (κ1) is 22.4. The summed E-state index contributed by atoms with van der Waals surface area (Å²) in [4.78, 5) is 20.4. The van der Waals surface area contributed by atoms with Crippen LogP contribution in [-0.4, -0.2) is 27.1 Å². The molecule has 2 heterocycles. The minimum absolute atomic E-state index is 0.00435. The summed E-state index contributed by atoms with van der Waals surface area (Å²) in [7, 11) is 0. The van der Waals surface area contributed by atoms with Crippen molar-refractivity contribution in [3.05, 3.63) is 87.0 Å². The molecule has 4 nitrogen and oxygen atoms in total. The summed E-state index contributed by atoms with van der Waals surface area (Å²) < 4.78 is 2.22. The lowest BCUT2D eigenvalue weighted by Crippen LogP contribution is -2.29. The molecule has 0 N–H and O–H groups in total. The van der Waals surface area contributed by atoms with E-state index in [9.17, 15) is 4.79 Å². The average Bonchev–Trinajstić information content (AvgIpc) is 3.21. The molecule has 1 aliphatic heterocycles. The van der Waals surface area contributed by atoms with Gasteiger partial charge < -0.3 is 4.57 Å². The third kappa shape index (κ3) is 4.54. The maximum atomic E-state index is 13.2. The third-order valence-corrected chi connectivity index (χ3v) is 6.69. The van der Waals surface area contributed by atoms with Crippen LogP contribution in [0.2, 0.25) is 5.02 Å². The fourth-order valence-electron chi connectivity index (χ4n) is 3.80. The van der Waals surface area contributed by atoms with E-state index in [-0.39, 0.29) is 5.91 Å². The lowest BCUT2D eigenvalue weighted by Gasteiger charge is -2.13. The van der Waals surface area contributed by atoms with Crippen molar-refractivity contribution in [2.75, 3.05) is 6.54 Å². The number of hydrogen-bond donors (Lipinski definition) is 0. The number of aromatic nitrogens is 1. The van der Waals surface area contributed by atoms with Crippen molar-refractivity contribution in [3.63, 3.8) is 0 Å². The van der Waals surface area contributed by atoms with Crippen LogP contribution in [-0.2, 0) is 4.79 Å². The predicted octanol–water partition coefficient (Wildman–Crippen LogP) is 7.07. The molecule has 0 aliphatic carbocycles. The van der Waals surface area contributed by atoms with Crippen LogP contribution >= 0.6 is 23.4 Å². The van der Waals surface area contributed by atoms with Crippen molar-refractivity contribution in [2.24, 2.45) is 4.99 Å². The number of halogens is 1. The van der Waals surface area contributed by atoms with Gasteiger partial charge in [-0.2, -0.15) is 0 Å². The standard InChI is InChI=1S/C26H26ClN3OS/c1-5-14-29-25(31)24(32-26(29)28-22-10-8-21(27)9-11-22)16-20-15-18(3)30(19(20)4)23-12-6-17(2)7-13-23/h6-13,15-16H,5,14H2,1-4H3/b24-16-,28-26?. The second-order valence-corrected chi connectivity index (χ2v) is 9.38. The van der Waals surface area contributed by atoms with E-state index in [1.165, 1.54) is 17.3 Å². The number of amidine groups is 1. The number of amides is 1. The molecule has 0 spiro atoms. The third-order valence-electron chi connectivity index (χ3n) is 5.44. The number of thioether (sulfide) groups is 1. The molecule has 1 saturated heterocycles. The highest BCUT2D eigenvalue weighted by Crippen LogP contribution is 2.35. The second-order valence-electron chi connectivity index (χ2n) is 7.94. The average molecular weight is 464 g/mol. The van der Waals surface area contributed by atoms with Crippen molar-refractivity contribution < 1.29 is 4.79 Å². The molecule has 0 radical (unpaired) electrons. The summed E-state index contributed by atoms with van der Waals surface area (Å²) in [6, 6.07) is 18.0. The fraction of sp³-hybridized carbons (Fsp3) is 0.231. The van der Waals surface area contributed by atoms with Gasteiger partial charge in [-0.1, -0.05) is 36.2 Å². The molecule has 0 bridgehead atoms. The van der Waals surface area contributed by atoms with Crippen LogP contribution in [0.3, 0.4) is 0 Å². The lowest BCUT2D eigenvalue weighted by atomic mass is 10.2. The maximum absolute atomic E-state index is 13.2. The lowest BCUT2D eigenvalue weighted by molar-refractivity contribution is -0.122. The summed E-state index contributed by atoms with van der Waals surface area (Å²) in [5.41, 5.74) is 6.42. The number of carbonyl (C=O) groups excluding carboxylic acids is 1. The summed E-state index contributed by atoms with van der Waals surface area (Å²) >= 11 is 7.42. The van der Waals surface area contributed by atoms with E-state index in [2.05, 4.69) is 62.6 Å². The fourth-order valence-corrected chi connectivity index (χ4v) is 4.95. The van der Waals surface area contributed by atoms with Crippen molar-refractivity contribution in [1.82, 2.24) is 9.47 Å². The zero-order chi connectivity index (χ0) is 22.8. The molecule has 4 rings (SSSR count). The maximum Gasteiger partial charge on any atom is 0.266 e.